The Kier molecular flexibility index (Phi) is 4.54. The Balaban J connectivity index is 0.00000176. The molecule has 0 saturated heterocycles. The van der Waals surface area contributed by atoms with E-state index in [4.69, 9.17) is 4.74 Å². The molecule has 1 aromatic heterocycles. The smallest absolute Gasteiger partial charge is 0.248 e. The van der Waals surface area contributed by atoms with Crippen LogP contribution in [0.1, 0.15) is 31.9 Å². The van der Waals surface area contributed by atoms with E-state index in [1.54, 1.807) is 6.07 Å². The van der Waals surface area contributed by atoms with Crippen molar-refractivity contribution in [3.8, 4) is 5.75 Å². The van der Waals surface area contributed by atoms with Gasteiger partial charge >= 0.3 is 0 Å². The van der Waals surface area contributed by atoms with Crippen LogP contribution in [0.2, 0.25) is 0 Å². The van der Waals surface area contributed by atoms with Gasteiger partial charge in [-0.2, -0.15) is 0 Å². The number of nitrogens with one attached hydrogen (secondary N) is 2. The van der Waals surface area contributed by atoms with Crippen molar-refractivity contribution in [3.63, 3.8) is 0 Å². The summed E-state index contributed by atoms with van der Waals surface area (Å²) in [5, 5.41) is 4.45. The molecular weight excluding hydrogens is 300 g/mol. The first-order chi connectivity index (χ1) is 9.88. The van der Waals surface area contributed by atoms with E-state index in [1.165, 1.54) is 5.56 Å². The van der Waals surface area contributed by atoms with Crippen LogP contribution in [0.25, 0.3) is 10.9 Å². The molecule has 0 saturated carbocycles. The minimum Gasteiger partial charge on any atom is -0.485 e. The van der Waals surface area contributed by atoms with Gasteiger partial charge in [-0.25, -0.2) is 0 Å². The number of hydrogen-bond acceptors (Lipinski definition) is 3. The van der Waals surface area contributed by atoms with Gasteiger partial charge in [0.25, 0.3) is 0 Å². The Labute approximate surface area is 136 Å². The van der Waals surface area contributed by atoms with Gasteiger partial charge in [-0.05, 0) is 31.0 Å². The minimum atomic E-state index is -0.233. The lowest BCUT2D eigenvalue weighted by molar-refractivity contribution is 0.113. The van der Waals surface area contributed by atoms with E-state index in [0.717, 1.165) is 35.2 Å². The number of pyridine rings is 1. The molecule has 0 radical (unpaired) electrons. The van der Waals surface area contributed by atoms with E-state index in [9.17, 15) is 4.79 Å². The number of aromatic amines is 1. The predicted octanol–water partition coefficient (Wildman–Crippen LogP) is 2.95. The molecule has 1 aliphatic rings. The molecule has 1 aliphatic heterocycles. The molecule has 22 heavy (non-hydrogen) atoms. The topological polar surface area (TPSA) is 54.1 Å². The third-order valence-corrected chi connectivity index (χ3v) is 4.04. The Morgan fingerprint density at radius 1 is 1.41 bits per heavy atom. The lowest BCUT2D eigenvalue weighted by atomic mass is 9.96. The molecule has 0 spiro atoms. The molecule has 2 N–H and O–H groups in total. The van der Waals surface area contributed by atoms with Crippen LogP contribution in [-0.4, -0.2) is 23.2 Å². The maximum Gasteiger partial charge on any atom is 0.248 e. The second kappa shape index (κ2) is 5.94. The van der Waals surface area contributed by atoms with Crippen molar-refractivity contribution in [1.82, 2.24) is 10.3 Å². The highest BCUT2D eigenvalue weighted by molar-refractivity contribution is 5.89. The number of hydrogen-bond donors (Lipinski definition) is 2. The molecule has 2 aromatic rings. The number of rotatable bonds is 3. The monoisotopic (exact) mass is 322 g/mol. The molecule has 3 rings (SSSR count). The van der Waals surface area contributed by atoms with Crippen molar-refractivity contribution in [2.75, 3.05) is 6.54 Å². The van der Waals surface area contributed by atoms with Gasteiger partial charge in [0.05, 0.1) is 5.52 Å². The largest absolute Gasteiger partial charge is 0.485 e. The van der Waals surface area contributed by atoms with Crippen molar-refractivity contribution in [3.05, 3.63) is 39.7 Å². The van der Waals surface area contributed by atoms with Crippen molar-refractivity contribution in [2.45, 2.75) is 45.8 Å². The first-order valence-corrected chi connectivity index (χ1v) is 7.46. The second-order valence-corrected chi connectivity index (χ2v) is 6.56. The molecule has 2 heterocycles. The van der Waals surface area contributed by atoms with Gasteiger partial charge in [-0.3, -0.25) is 4.79 Å². The standard InChI is InChI=1S/C17H22N2O2.ClH/c1-10(2)18-9-17(4)8-12-7-11(3)15-13(16(12)21-17)5-6-14(20)19-15;/h5-7,10,18H,8-9H2,1-4H3,(H,19,20);1H. The van der Waals surface area contributed by atoms with Gasteiger partial charge in [0, 0.05) is 30.5 Å². The van der Waals surface area contributed by atoms with Crippen LogP contribution >= 0.6 is 12.4 Å². The zero-order valence-electron chi connectivity index (χ0n) is 13.4. The van der Waals surface area contributed by atoms with Crippen molar-refractivity contribution >= 4 is 23.3 Å². The summed E-state index contributed by atoms with van der Waals surface area (Å²) in [4.78, 5) is 14.4. The molecule has 120 valence electrons. The van der Waals surface area contributed by atoms with Crippen LogP contribution in [-0.2, 0) is 6.42 Å². The predicted molar refractivity (Wildman–Crippen MR) is 92.4 cm³/mol. The van der Waals surface area contributed by atoms with E-state index < -0.39 is 0 Å². The maximum absolute atomic E-state index is 11.5. The Morgan fingerprint density at radius 2 is 2.14 bits per heavy atom. The summed E-state index contributed by atoms with van der Waals surface area (Å²) in [5.74, 6) is 0.917. The Morgan fingerprint density at radius 3 is 2.82 bits per heavy atom. The third-order valence-electron chi connectivity index (χ3n) is 4.04. The first-order valence-electron chi connectivity index (χ1n) is 7.46. The van der Waals surface area contributed by atoms with Crippen LogP contribution in [0.5, 0.6) is 5.75 Å². The van der Waals surface area contributed by atoms with Crippen LogP contribution < -0.4 is 15.6 Å². The highest BCUT2D eigenvalue weighted by atomic mass is 35.5. The average molecular weight is 323 g/mol. The normalized spacial score (nSPS) is 19.9. The number of halogens is 1. The van der Waals surface area contributed by atoms with E-state index >= 15 is 0 Å². The fraction of sp³-hybridized carbons (Fsp3) is 0.471. The second-order valence-electron chi connectivity index (χ2n) is 6.56. The highest BCUT2D eigenvalue weighted by Crippen LogP contribution is 2.40. The van der Waals surface area contributed by atoms with Gasteiger partial charge in [-0.1, -0.05) is 19.9 Å². The van der Waals surface area contributed by atoms with E-state index in [-0.39, 0.29) is 23.6 Å². The molecule has 4 nitrogen and oxygen atoms in total. The quantitative estimate of drug-likeness (QED) is 0.913. The molecule has 0 fully saturated rings. The summed E-state index contributed by atoms with van der Waals surface area (Å²) >= 11 is 0. The average Bonchev–Trinajstić information content (AvgIpc) is 2.74. The van der Waals surface area contributed by atoms with Gasteiger partial charge in [0.15, 0.2) is 0 Å². The first kappa shape index (κ1) is 16.8. The zero-order chi connectivity index (χ0) is 15.2. The molecule has 0 aliphatic carbocycles. The molecule has 1 atom stereocenters. The van der Waals surface area contributed by atoms with Crippen molar-refractivity contribution in [1.29, 1.82) is 0 Å². The molecule has 5 heteroatoms. The molecule has 1 unspecified atom stereocenters. The number of ether oxygens (including phenoxy) is 1. The Bertz CT molecular complexity index is 754. The lowest BCUT2D eigenvalue weighted by Gasteiger charge is -2.25. The summed E-state index contributed by atoms with van der Waals surface area (Å²) in [5.41, 5.74) is 2.88. The summed E-state index contributed by atoms with van der Waals surface area (Å²) < 4.78 is 6.27. The van der Waals surface area contributed by atoms with Gasteiger partial charge in [0.2, 0.25) is 5.56 Å². The minimum absolute atomic E-state index is 0. The van der Waals surface area contributed by atoms with Crippen LogP contribution in [0.4, 0.5) is 0 Å². The van der Waals surface area contributed by atoms with Gasteiger partial charge in [-0.15, -0.1) is 12.4 Å². The lowest BCUT2D eigenvalue weighted by Crippen LogP contribution is -2.44. The van der Waals surface area contributed by atoms with Gasteiger partial charge in [0.1, 0.15) is 11.4 Å². The van der Waals surface area contributed by atoms with Crippen LogP contribution in [0.3, 0.4) is 0 Å². The summed E-state index contributed by atoms with van der Waals surface area (Å²) in [6.07, 6.45) is 0.887. The number of benzene rings is 1. The summed E-state index contributed by atoms with van der Waals surface area (Å²) in [7, 11) is 0. The highest BCUT2D eigenvalue weighted by Gasteiger charge is 2.36. The zero-order valence-corrected chi connectivity index (χ0v) is 14.3. The van der Waals surface area contributed by atoms with Crippen molar-refractivity contribution in [2.24, 2.45) is 0 Å². The van der Waals surface area contributed by atoms with Gasteiger partial charge < -0.3 is 15.0 Å². The van der Waals surface area contributed by atoms with Crippen molar-refractivity contribution < 1.29 is 4.74 Å². The molecule has 1 aromatic carbocycles. The molecular formula is C17H23ClN2O2. The van der Waals surface area contributed by atoms with Crippen LogP contribution in [0.15, 0.2) is 23.0 Å². The summed E-state index contributed by atoms with van der Waals surface area (Å²) in [6, 6.07) is 5.99. The number of H-pyrrole nitrogens is 1. The molecule has 0 amide bonds. The molecule has 0 bridgehead atoms. The van der Waals surface area contributed by atoms with E-state index in [0.29, 0.717) is 6.04 Å². The SMILES string of the molecule is Cc1cc2c(c3ccc(=O)[nH]c13)OC(C)(CNC(C)C)C2.Cl. The number of fused-ring (bicyclic) bond motifs is 3. The maximum atomic E-state index is 11.5. The Hall–Kier alpha value is -1.52. The summed E-state index contributed by atoms with van der Waals surface area (Å²) in [6.45, 7) is 9.24. The number of aromatic nitrogens is 1. The fourth-order valence-electron chi connectivity index (χ4n) is 3.00. The van der Waals surface area contributed by atoms with Crippen LogP contribution in [0, 0.1) is 6.92 Å². The number of aryl methyl sites for hydroxylation is 1. The van der Waals surface area contributed by atoms with E-state index in [2.05, 4.69) is 37.1 Å². The third kappa shape index (κ3) is 2.99. The fourth-order valence-corrected chi connectivity index (χ4v) is 3.00. The van der Waals surface area contributed by atoms with E-state index in [1.807, 2.05) is 13.0 Å².